The molecule has 1 aliphatic rings. The molecule has 5 N–H and O–H groups in total. The molecule has 11 heavy (non-hydrogen) atoms. The van der Waals surface area contributed by atoms with Crippen molar-refractivity contribution < 1.29 is 9.59 Å². The summed E-state index contributed by atoms with van der Waals surface area (Å²) in [6.07, 6.45) is 0.481. The average molecular weight is 158 g/mol. The number of hydrazine groups is 2. The Kier molecular flexibility index (Phi) is 2.40. The topological polar surface area (TPSA) is 96.2 Å². The van der Waals surface area contributed by atoms with Crippen LogP contribution < -0.4 is 22.1 Å². The number of carbonyl (C=O) groups excluding carboxylic acids is 2. The number of nitrogens with one attached hydrogen (secondary N) is 3. The van der Waals surface area contributed by atoms with Gasteiger partial charge in [-0.15, -0.1) is 0 Å². The second-order valence-corrected chi connectivity index (χ2v) is 2.27. The monoisotopic (exact) mass is 158 g/mol. The summed E-state index contributed by atoms with van der Waals surface area (Å²) in [5.41, 5.74) is 6.90. The van der Waals surface area contributed by atoms with Crippen molar-refractivity contribution in [2.24, 2.45) is 11.8 Å². The quantitative estimate of drug-likeness (QED) is 0.148. The molecule has 0 aromatic carbocycles. The van der Waals surface area contributed by atoms with E-state index in [0.717, 1.165) is 0 Å². The molecule has 1 rings (SSSR count). The summed E-state index contributed by atoms with van der Waals surface area (Å²) in [5.74, 6) is 3.44. The first-order valence-electron chi connectivity index (χ1n) is 3.29. The smallest absolute Gasteiger partial charge is 0.246 e. The van der Waals surface area contributed by atoms with Gasteiger partial charge in [-0.05, 0) is 6.42 Å². The standard InChI is InChI=1S/C5H10N4O2/c6-8-4(10)3-1-2-7-9-5(3)11/h3,7H,1-2,6H2,(H,8,10)(H,9,11)/t3-/m0/s1. The van der Waals surface area contributed by atoms with E-state index in [1.54, 1.807) is 0 Å². The molecule has 0 radical (unpaired) electrons. The molecule has 0 aliphatic carbocycles. The molecule has 1 aliphatic heterocycles. The third-order valence-electron chi connectivity index (χ3n) is 1.54. The van der Waals surface area contributed by atoms with E-state index in [2.05, 4.69) is 10.9 Å². The number of hydrogen-bond acceptors (Lipinski definition) is 4. The van der Waals surface area contributed by atoms with Crippen molar-refractivity contribution in [1.82, 2.24) is 16.3 Å². The van der Waals surface area contributed by atoms with Crippen molar-refractivity contribution in [3.05, 3.63) is 0 Å². The van der Waals surface area contributed by atoms with Gasteiger partial charge in [0.1, 0.15) is 5.92 Å². The predicted molar refractivity (Wildman–Crippen MR) is 36.6 cm³/mol. The lowest BCUT2D eigenvalue weighted by Gasteiger charge is -2.20. The summed E-state index contributed by atoms with van der Waals surface area (Å²) in [5, 5.41) is 0. The normalized spacial score (nSPS) is 24.1. The highest BCUT2D eigenvalue weighted by Gasteiger charge is 2.28. The van der Waals surface area contributed by atoms with E-state index in [-0.39, 0.29) is 5.91 Å². The summed E-state index contributed by atoms with van der Waals surface area (Å²) in [6, 6.07) is 0. The van der Waals surface area contributed by atoms with Gasteiger partial charge in [0.25, 0.3) is 0 Å². The number of hydrogen-bond donors (Lipinski definition) is 4. The summed E-state index contributed by atoms with van der Waals surface area (Å²) < 4.78 is 0. The first-order chi connectivity index (χ1) is 5.25. The second kappa shape index (κ2) is 3.31. The van der Waals surface area contributed by atoms with E-state index in [9.17, 15) is 9.59 Å². The van der Waals surface area contributed by atoms with Crippen molar-refractivity contribution in [2.45, 2.75) is 6.42 Å². The number of amides is 2. The molecule has 1 heterocycles. The maximum atomic E-state index is 10.9. The fourth-order valence-electron chi connectivity index (χ4n) is 0.935. The van der Waals surface area contributed by atoms with E-state index >= 15 is 0 Å². The highest BCUT2D eigenvalue weighted by molar-refractivity contribution is 6.00. The van der Waals surface area contributed by atoms with Gasteiger partial charge >= 0.3 is 0 Å². The van der Waals surface area contributed by atoms with Crippen LogP contribution in [0.1, 0.15) is 6.42 Å². The minimum atomic E-state index is -0.652. The first kappa shape index (κ1) is 7.96. The Balaban J connectivity index is 2.54. The van der Waals surface area contributed by atoms with Crippen LogP contribution in [0.4, 0.5) is 0 Å². The van der Waals surface area contributed by atoms with Gasteiger partial charge < -0.3 is 0 Å². The average Bonchev–Trinajstić information content (AvgIpc) is 2.04. The van der Waals surface area contributed by atoms with Crippen molar-refractivity contribution >= 4 is 11.8 Å². The lowest BCUT2D eigenvalue weighted by molar-refractivity contribution is -0.137. The van der Waals surface area contributed by atoms with E-state index in [0.29, 0.717) is 13.0 Å². The van der Waals surface area contributed by atoms with Gasteiger partial charge in [0.2, 0.25) is 11.8 Å². The molecular weight excluding hydrogens is 148 g/mol. The fraction of sp³-hybridized carbons (Fsp3) is 0.600. The van der Waals surface area contributed by atoms with Crippen LogP contribution in [0.3, 0.4) is 0 Å². The van der Waals surface area contributed by atoms with E-state index < -0.39 is 11.8 Å². The summed E-state index contributed by atoms with van der Waals surface area (Å²) in [4.78, 5) is 21.8. The van der Waals surface area contributed by atoms with Gasteiger partial charge in [0.05, 0.1) is 0 Å². The molecule has 0 bridgehead atoms. The first-order valence-corrected chi connectivity index (χ1v) is 3.29. The van der Waals surface area contributed by atoms with Crippen LogP contribution >= 0.6 is 0 Å². The van der Waals surface area contributed by atoms with Crippen molar-refractivity contribution in [1.29, 1.82) is 0 Å². The Morgan fingerprint density at radius 2 is 2.45 bits per heavy atom. The third kappa shape index (κ3) is 1.66. The van der Waals surface area contributed by atoms with Gasteiger partial charge in [-0.3, -0.25) is 20.4 Å². The second-order valence-electron chi connectivity index (χ2n) is 2.27. The Morgan fingerprint density at radius 1 is 1.73 bits per heavy atom. The van der Waals surface area contributed by atoms with Crippen LogP contribution in [0.2, 0.25) is 0 Å². The molecule has 1 atom stereocenters. The van der Waals surface area contributed by atoms with Gasteiger partial charge in [0.15, 0.2) is 0 Å². The molecule has 6 nitrogen and oxygen atoms in total. The molecule has 0 unspecified atom stereocenters. The van der Waals surface area contributed by atoms with Gasteiger partial charge in [-0.1, -0.05) is 0 Å². The van der Waals surface area contributed by atoms with Crippen LogP contribution in [0.15, 0.2) is 0 Å². The van der Waals surface area contributed by atoms with Crippen LogP contribution in [0.25, 0.3) is 0 Å². The summed E-state index contributed by atoms with van der Waals surface area (Å²) >= 11 is 0. The fourth-order valence-corrected chi connectivity index (χ4v) is 0.935. The number of carbonyl (C=O) groups is 2. The molecule has 1 saturated heterocycles. The molecular formula is C5H10N4O2. The highest BCUT2D eigenvalue weighted by Crippen LogP contribution is 2.04. The lowest BCUT2D eigenvalue weighted by atomic mass is 10.0. The Labute approximate surface area is 63.4 Å². The van der Waals surface area contributed by atoms with Crippen LogP contribution in [-0.4, -0.2) is 18.4 Å². The largest absolute Gasteiger partial charge is 0.294 e. The summed E-state index contributed by atoms with van der Waals surface area (Å²) in [6.45, 7) is 0.587. The Morgan fingerprint density at radius 3 is 3.00 bits per heavy atom. The molecule has 62 valence electrons. The van der Waals surface area contributed by atoms with E-state index in [4.69, 9.17) is 5.84 Å². The maximum Gasteiger partial charge on any atom is 0.246 e. The summed E-state index contributed by atoms with van der Waals surface area (Å²) in [7, 11) is 0. The Bertz CT molecular complexity index is 173. The van der Waals surface area contributed by atoms with Gasteiger partial charge in [-0.2, -0.15) is 0 Å². The van der Waals surface area contributed by atoms with Crippen molar-refractivity contribution in [3.63, 3.8) is 0 Å². The zero-order valence-electron chi connectivity index (χ0n) is 5.89. The zero-order valence-corrected chi connectivity index (χ0v) is 5.89. The molecule has 0 aromatic heterocycles. The predicted octanol–water partition coefficient (Wildman–Crippen LogP) is -2.38. The van der Waals surface area contributed by atoms with Gasteiger partial charge in [0, 0.05) is 6.54 Å². The lowest BCUT2D eigenvalue weighted by Crippen LogP contribution is -2.53. The minimum Gasteiger partial charge on any atom is -0.294 e. The van der Waals surface area contributed by atoms with Crippen LogP contribution in [-0.2, 0) is 9.59 Å². The molecule has 2 amide bonds. The van der Waals surface area contributed by atoms with Crippen molar-refractivity contribution in [2.75, 3.05) is 6.54 Å². The molecule has 1 fully saturated rings. The Hall–Kier alpha value is -1.14. The zero-order chi connectivity index (χ0) is 8.27. The SMILES string of the molecule is NNC(=O)[C@@H]1CCNNC1=O. The van der Waals surface area contributed by atoms with Crippen LogP contribution in [0, 0.1) is 5.92 Å². The highest BCUT2D eigenvalue weighted by atomic mass is 16.2. The number of nitrogens with two attached hydrogens (primary N) is 1. The van der Waals surface area contributed by atoms with E-state index in [1.807, 2.05) is 5.43 Å². The molecule has 0 saturated carbocycles. The molecule has 0 aromatic rings. The minimum absolute atomic E-state index is 0.334. The van der Waals surface area contributed by atoms with Crippen molar-refractivity contribution in [3.8, 4) is 0 Å². The maximum absolute atomic E-state index is 10.9. The van der Waals surface area contributed by atoms with Gasteiger partial charge in [-0.25, -0.2) is 11.3 Å². The molecule has 6 heteroatoms. The van der Waals surface area contributed by atoms with Crippen LogP contribution in [0.5, 0.6) is 0 Å². The third-order valence-corrected chi connectivity index (χ3v) is 1.54. The number of rotatable bonds is 1. The van der Waals surface area contributed by atoms with E-state index in [1.165, 1.54) is 0 Å². The molecule has 0 spiro atoms.